The van der Waals surface area contributed by atoms with Crippen molar-refractivity contribution in [3.63, 3.8) is 0 Å². The quantitative estimate of drug-likeness (QED) is 0.815. The monoisotopic (exact) mass is 259 g/mol. The maximum atomic E-state index is 11.9. The Morgan fingerprint density at radius 1 is 1.39 bits per heavy atom. The van der Waals surface area contributed by atoms with Gasteiger partial charge in [-0.2, -0.15) is 8.78 Å². The van der Waals surface area contributed by atoms with Gasteiger partial charge in [-0.25, -0.2) is 0 Å². The third-order valence-corrected chi connectivity index (χ3v) is 2.36. The fraction of sp³-hybridized carbons (Fsp3) is 0.417. The predicted octanol–water partition coefficient (Wildman–Crippen LogP) is 2.19. The molecule has 1 rings (SSSR count). The van der Waals surface area contributed by atoms with Crippen LogP contribution in [0.3, 0.4) is 0 Å². The van der Waals surface area contributed by atoms with Gasteiger partial charge >= 0.3 is 12.6 Å². The first kappa shape index (κ1) is 14.4. The Hall–Kier alpha value is -1.69. The maximum absolute atomic E-state index is 11.9. The Morgan fingerprint density at radius 2 is 2.00 bits per heavy atom. The van der Waals surface area contributed by atoms with Gasteiger partial charge in [0, 0.05) is 6.54 Å². The third kappa shape index (κ3) is 5.09. The number of hydrogen-bond donors (Lipinski definition) is 1. The van der Waals surface area contributed by atoms with E-state index in [9.17, 15) is 13.6 Å². The lowest BCUT2D eigenvalue weighted by molar-refractivity contribution is -0.138. The smallest absolute Gasteiger partial charge is 0.387 e. The zero-order valence-corrected chi connectivity index (χ0v) is 9.97. The summed E-state index contributed by atoms with van der Waals surface area (Å²) in [5.74, 6) is -0.801. The van der Waals surface area contributed by atoms with Crippen LogP contribution in [0.25, 0.3) is 0 Å². The molecule has 1 aromatic carbocycles. The summed E-state index contributed by atoms with van der Waals surface area (Å²) in [5.41, 5.74) is 0.847. The first-order valence-corrected chi connectivity index (χ1v) is 5.49. The molecule has 0 aliphatic rings. The van der Waals surface area contributed by atoms with Crippen LogP contribution in [0.4, 0.5) is 8.78 Å². The van der Waals surface area contributed by atoms with Crippen LogP contribution >= 0.6 is 0 Å². The van der Waals surface area contributed by atoms with E-state index in [0.29, 0.717) is 13.1 Å². The Labute approximate surface area is 104 Å². The molecular formula is C12H15F2NO3. The van der Waals surface area contributed by atoms with Gasteiger partial charge in [0.05, 0.1) is 6.54 Å². The lowest BCUT2D eigenvalue weighted by atomic mass is 10.2. The first-order chi connectivity index (χ1) is 8.51. The summed E-state index contributed by atoms with van der Waals surface area (Å²) < 4.78 is 28.1. The van der Waals surface area contributed by atoms with E-state index in [1.807, 2.05) is 6.92 Å². The van der Waals surface area contributed by atoms with Crippen molar-refractivity contribution < 1.29 is 23.4 Å². The zero-order valence-electron chi connectivity index (χ0n) is 9.97. The molecule has 0 spiro atoms. The molecule has 18 heavy (non-hydrogen) atoms. The van der Waals surface area contributed by atoms with Crippen LogP contribution in [0.2, 0.25) is 0 Å². The van der Waals surface area contributed by atoms with Crippen molar-refractivity contribution in [3.05, 3.63) is 29.8 Å². The number of nitrogens with zero attached hydrogens (tertiary/aromatic N) is 1. The average molecular weight is 259 g/mol. The highest BCUT2D eigenvalue weighted by atomic mass is 19.3. The van der Waals surface area contributed by atoms with Crippen LogP contribution in [0.15, 0.2) is 24.3 Å². The Morgan fingerprint density at radius 3 is 2.44 bits per heavy atom. The molecule has 1 aromatic rings. The van der Waals surface area contributed by atoms with E-state index in [1.54, 1.807) is 17.0 Å². The second kappa shape index (κ2) is 6.90. The van der Waals surface area contributed by atoms with Crippen molar-refractivity contribution in [3.8, 4) is 5.75 Å². The molecule has 0 atom stereocenters. The molecule has 0 aliphatic heterocycles. The molecule has 0 radical (unpaired) electrons. The van der Waals surface area contributed by atoms with E-state index in [1.165, 1.54) is 12.1 Å². The number of aliphatic carboxylic acids is 1. The van der Waals surface area contributed by atoms with Crippen LogP contribution in [0.5, 0.6) is 5.75 Å². The topological polar surface area (TPSA) is 49.8 Å². The number of carboxylic acids is 1. The summed E-state index contributed by atoms with van der Waals surface area (Å²) >= 11 is 0. The van der Waals surface area contributed by atoms with E-state index in [0.717, 1.165) is 5.56 Å². The number of halogens is 2. The molecule has 0 saturated heterocycles. The number of rotatable bonds is 7. The van der Waals surface area contributed by atoms with Crippen LogP contribution in [0.1, 0.15) is 12.5 Å². The molecule has 0 fully saturated rings. The van der Waals surface area contributed by atoms with Crippen LogP contribution in [-0.4, -0.2) is 35.7 Å². The molecule has 6 heteroatoms. The van der Waals surface area contributed by atoms with Gasteiger partial charge in [0.2, 0.25) is 0 Å². The molecule has 0 bridgehead atoms. The van der Waals surface area contributed by atoms with E-state index in [2.05, 4.69) is 4.74 Å². The first-order valence-electron chi connectivity index (χ1n) is 5.49. The van der Waals surface area contributed by atoms with Crippen molar-refractivity contribution in [2.75, 3.05) is 13.1 Å². The molecular weight excluding hydrogens is 244 g/mol. The van der Waals surface area contributed by atoms with Gasteiger partial charge in [-0.3, -0.25) is 9.69 Å². The minimum Gasteiger partial charge on any atom is -0.480 e. The molecule has 100 valence electrons. The zero-order chi connectivity index (χ0) is 13.5. The predicted molar refractivity (Wildman–Crippen MR) is 61.7 cm³/mol. The number of carboxylic acid groups (broad SMARTS) is 1. The lowest BCUT2D eigenvalue weighted by Crippen LogP contribution is -2.29. The second-order valence-corrected chi connectivity index (χ2v) is 3.72. The van der Waals surface area contributed by atoms with Gasteiger partial charge in [0.1, 0.15) is 5.75 Å². The van der Waals surface area contributed by atoms with Gasteiger partial charge in [-0.05, 0) is 24.2 Å². The van der Waals surface area contributed by atoms with Gasteiger partial charge < -0.3 is 9.84 Å². The molecule has 1 N–H and O–H groups in total. The van der Waals surface area contributed by atoms with E-state index >= 15 is 0 Å². The standard InChI is InChI=1S/C12H15F2NO3/c1-2-15(8-11(16)17)7-9-3-5-10(6-4-9)18-12(13)14/h3-6,12H,2,7-8H2,1H3,(H,16,17). The van der Waals surface area contributed by atoms with Crippen molar-refractivity contribution in [2.45, 2.75) is 20.1 Å². The molecule has 0 aromatic heterocycles. The summed E-state index contributed by atoms with van der Waals surface area (Å²) in [5, 5.41) is 8.69. The number of ether oxygens (including phenoxy) is 1. The fourth-order valence-corrected chi connectivity index (χ4v) is 1.51. The third-order valence-electron chi connectivity index (χ3n) is 2.36. The van der Waals surface area contributed by atoms with Crippen molar-refractivity contribution in [1.82, 2.24) is 4.90 Å². The molecule has 0 aliphatic carbocycles. The van der Waals surface area contributed by atoms with Gasteiger partial charge in [-0.1, -0.05) is 19.1 Å². The maximum Gasteiger partial charge on any atom is 0.387 e. The molecule has 0 heterocycles. The van der Waals surface area contributed by atoms with Gasteiger partial charge in [-0.15, -0.1) is 0 Å². The SMILES string of the molecule is CCN(CC(=O)O)Cc1ccc(OC(F)F)cc1. The summed E-state index contributed by atoms with van der Waals surface area (Å²) in [6.07, 6.45) is 0. The van der Waals surface area contributed by atoms with Crippen LogP contribution < -0.4 is 4.74 Å². The van der Waals surface area contributed by atoms with Crippen molar-refractivity contribution in [1.29, 1.82) is 0 Å². The number of alkyl halides is 2. The number of carbonyl (C=O) groups is 1. The van der Waals surface area contributed by atoms with Crippen molar-refractivity contribution >= 4 is 5.97 Å². The number of likely N-dealkylation sites (N-methyl/N-ethyl adjacent to an activating group) is 1. The van der Waals surface area contributed by atoms with E-state index in [-0.39, 0.29) is 12.3 Å². The second-order valence-electron chi connectivity index (χ2n) is 3.72. The summed E-state index contributed by atoms with van der Waals surface area (Å²) in [6, 6.07) is 6.16. The summed E-state index contributed by atoms with van der Waals surface area (Å²) in [6.45, 7) is 0.0255. The van der Waals surface area contributed by atoms with Crippen LogP contribution in [0, 0.1) is 0 Å². The normalized spacial score (nSPS) is 10.9. The summed E-state index contributed by atoms with van der Waals surface area (Å²) in [7, 11) is 0. The molecule has 0 amide bonds. The van der Waals surface area contributed by atoms with Crippen molar-refractivity contribution in [2.24, 2.45) is 0 Å². The molecule has 0 saturated carbocycles. The highest BCUT2D eigenvalue weighted by Crippen LogP contribution is 2.15. The average Bonchev–Trinajstić information content (AvgIpc) is 2.29. The minimum absolute atomic E-state index is 0.0498. The Kier molecular flexibility index (Phi) is 5.51. The van der Waals surface area contributed by atoms with Crippen LogP contribution in [-0.2, 0) is 11.3 Å². The largest absolute Gasteiger partial charge is 0.480 e. The van der Waals surface area contributed by atoms with E-state index in [4.69, 9.17) is 5.11 Å². The van der Waals surface area contributed by atoms with Gasteiger partial charge in [0.15, 0.2) is 0 Å². The molecule has 4 nitrogen and oxygen atoms in total. The molecule has 0 unspecified atom stereocenters. The highest BCUT2D eigenvalue weighted by molar-refractivity contribution is 5.69. The lowest BCUT2D eigenvalue weighted by Gasteiger charge is -2.18. The highest BCUT2D eigenvalue weighted by Gasteiger charge is 2.09. The minimum atomic E-state index is -2.84. The fourth-order valence-electron chi connectivity index (χ4n) is 1.51. The van der Waals surface area contributed by atoms with Gasteiger partial charge in [0.25, 0.3) is 0 Å². The van der Waals surface area contributed by atoms with E-state index < -0.39 is 12.6 Å². The summed E-state index contributed by atoms with van der Waals surface area (Å²) in [4.78, 5) is 12.3. The Bertz CT molecular complexity index is 381. The number of benzene rings is 1. The Balaban J connectivity index is 2.59. The number of hydrogen-bond acceptors (Lipinski definition) is 3.